The van der Waals surface area contributed by atoms with Crippen LogP contribution in [-0.2, 0) is 0 Å². The summed E-state index contributed by atoms with van der Waals surface area (Å²) < 4.78 is 0. The minimum absolute atomic E-state index is 0.270. The van der Waals surface area contributed by atoms with Gasteiger partial charge in [-0.15, -0.1) is 0 Å². The van der Waals surface area contributed by atoms with Crippen LogP contribution in [0.3, 0.4) is 0 Å². The van der Waals surface area contributed by atoms with Crippen molar-refractivity contribution in [2.75, 3.05) is 27.2 Å². The van der Waals surface area contributed by atoms with Gasteiger partial charge in [0.1, 0.15) is 0 Å². The molecule has 1 unspecified atom stereocenters. The quantitative estimate of drug-likeness (QED) is 0.820. The third-order valence-electron chi connectivity index (χ3n) is 2.76. The number of nitrogens with zero attached hydrogens (tertiary/aromatic N) is 2. The predicted molar refractivity (Wildman–Crippen MR) is 73.0 cm³/mol. The fourth-order valence-corrected chi connectivity index (χ4v) is 2.08. The molecule has 17 heavy (non-hydrogen) atoms. The Balaban J connectivity index is 2.45. The van der Waals surface area contributed by atoms with Crippen molar-refractivity contribution in [3.63, 3.8) is 0 Å². The maximum absolute atomic E-state index is 4.37. The smallest absolute Gasteiger partial charge is 0.0570 e. The summed E-state index contributed by atoms with van der Waals surface area (Å²) in [4.78, 5) is 6.60. The summed E-state index contributed by atoms with van der Waals surface area (Å²) in [6, 6.07) is 6.35. The van der Waals surface area contributed by atoms with E-state index in [0.29, 0.717) is 6.04 Å². The van der Waals surface area contributed by atoms with Crippen molar-refractivity contribution in [1.82, 2.24) is 15.2 Å². The number of rotatable bonds is 6. The number of pyridine rings is 1. The third-order valence-corrected chi connectivity index (χ3v) is 2.76. The first-order chi connectivity index (χ1) is 7.91. The van der Waals surface area contributed by atoms with Crippen LogP contribution < -0.4 is 5.32 Å². The second-order valence-electron chi connectivity index (χ2n) is 5.76. The summed E-state index contributed by atoms with van der Waals surface area (Å²) in [5.41, 5.74) is 1.38. The second kappa shape index (κ2) is 6.12. The SMILES string of the molecule is CC(NCC(C)(C)CN(C)C)c1ccccn1. The first-order valence-electron chi connectivity index (χ1n) is 6.20. The number of nitrogens with one attached hydrogen (secondary N) is 1. The van der Waals surface area contributed by atoms with Gasteiger partial charge in [0, 0.05) is 25.3 Å². The summed E-state index contributed by atoms with van der Waals surface area (Å²) in [6.45, 7) is 8.79. The molecule has 1 atom stereocenters. The largest absolute Gasteiger partial charge is 0.309 e. The van der Waals surface area contributed by atoms with Gasteiger partial charge in [-0.2, -0.15) is 0 Å². The fraction of sp³-hybridized carbons (Fsp3) is 0.643. The van der Waals surface area contributed by atoms with Gasteiger partial charge in [0.25, 0.3) is 0 Å². The van der Waals surface area contributed by atoms with E-state index in [2.05, 4.69) is 56.1 Å². The molecule has 1 heterocycles. The summed E-state index contributed by atoms with van der Waals surface area (Å²) in [6.07, 6.45) is 1.85. The summed E-state index contributed by atoms with van der Waals surface area (Å²) in [5, 5.41) is 3.56. The molecule has 0 fully saturated rings. The van der Waals surface area contributed by atoms with Crippen LogP contribution in [0.2, 0.25) is 0 Å². The summed E-state index contributed by atoms with van der Waals surface area (Å²) >= 11 is 0. The van der Waals surface area contributed by atoms with Gasteiger partial charge in [0.15, 0.2) is 0 Å². The molecule has 0 aliphatic rings. The molecular weight excluding hydrogens is 210 g/mol. The van der Waals surface area contributed by atoms with E-state index in [0.717, 1.165) is 18.8 Å². The zero-order valence-electron chi connectivity index (χ0n) is 11.7. The van der Waals surface area contributed by atoms with E-state index < -0.39 is 0 Å². The first kappa shape index (κ1) is 14.1. The molecule has 0 amide bonds. The van der Waals surface area contributed by atoms with E-state index in [-0.39, 0.29) is 5.41 Å². The van der Waals surface area contributed by atoms with Crippen LogP contribution in [0.15, 0.2) is 24.4 Å². The normalized spacial score (nSPS) is 14.0. The molecule has 0 radical (unpaired) electrons. The lowest BCUT2D eigenvalue weighted by Gasteiger charge is -2.30. The van der Waals surface area contributed by atoms with Crippen LogP contribution in [0.25, 0.3) is 0 Å². The van der Waals surface area contributed by atoms with Crippen molar-refractivity contribution in [3.05, 3.63) is 30.1 Å². The molecule has 1 aromatic rings. The molecule has 0 spiro atoms. The highest BCUT2D eigenvalue weighted by molar-refractivity contribution is 5.07. The molecule has 0 saturated carbocycles. The van der Waals surface area contributed by atoms with Crippen molar-refractivity contribution in [2.24, 2.45) is 5.41 Å². The highest BCUT2D eigenvalue weighted by Gasteiger charge is 2.19. The van der Waals surface area contributed by atoms with E-state index in [1.54, 1.807) is 0 Å². The average Bonchev–Trinajstić information content (AvgIpc) is 2.25. The molecule has 3 heteroatoms. The topological polar surface area (TPSA) is 28.2 Å². The lowest BCUT2D eigenvalue weighted by atomic mass is 9.92. The van der Waals surface area contributed by atoms with Crippen LogP contribution in [0.1, 0.15) is 32.5 Å². The van der Waals surface area contributed by atoms with Gasteiger partial charge in [-0.05, 0) is 38.6 Å². The maximum Gasteiger partial charge on any atom is 0.0570 e. The molecule has 0 aliphatic carbocycles. The first-order valence-corrected chi connectivity index (χ1v) is 6.20. The minimum atomic E-state index is 0.270. The second-order valence-corrected chi connectivity index (χ2v) is 5.76. The van der Waals surface area contributed by atoms with E-state index in [4.69, 9.17) is 0 Å². The molecule has 1 aromatic heterocycles. The van der Waals surface area contributed by atoms with Crippen LogP contribution in [-0.4, -0.2) is 37.1 Å². The fourth-order valence-electron chi connectivity index (χ4n) is 2.08. The Kier molecular flexibility index (Phi) is 5.09. The van der Waals surface area contributed by atoms with Gasteiger partial charge in [-0.1, -0.05) is 19.9 Å². The molecule has 96 valence electrons. The van der Waals surface area contributed by atoms with Crippen molar-refractivity contribution in [2.45, 2.75) is 26.8 Å². The average molecular weight is 235 g/mol. The lowest BCUT2D eigenvalue weighted by Crippen LogP contribution is -2.38. The van der Waals surface area contributed by atoms with Gasteiger partial charge in [-0.3, -0.25) is 4.98 Å². The van der Waals surface area contributed by atoms with Crippen LogP contribution in [0.4, 0.5) is 0 Å². The van der Waals surface area contributed by atoms with Crippen LogP contribution >= 0.6 is 0 Å². The van der Waals surface area contributed by atoms with Crippen LogP contribution in [0.5, 0.6) is 0 Å². The van der Waals surface area contributed by atoms with E-state index >= 15 is 0 Å². The molecule has 0 saturated heterocycles. The Hall–Kier alpha value is -0.930. The molecule has 0 aromatic carbocycles. The predicted octanol–water partition coefficient (Wildman–Crippen LogP) is 2.32. The Bertz CT molecular complexity index is 319. The Morgan fingerprint density at radius 1 is 1.35 bits per heavy atom. The minimum Gasteiger partial charge on any atom is -0.309 e. The van der Waals surface area contributed by atoms with E-state index in [1.165, 1.54) is 0 Å². The van der Waals surface area contributed by atoms with E-state index in [9.17, 15) is 0 Å². The van der Waals surface area contributed by atoms with Gasteiger partial charge in [0.05, 0.1) is 5.69 Å². The molecule has 3 nitrogen and oxygen atoms in total. The van der Waals surface area contributed by atoms with Gasteiger partial charge in [0.2, 0.25) is 0 Å². The molecular formula is C14H25N3. The molecule has 1 N–H and O–H groups in total. The highest BCUT2D eigenvalue weighted by atomic mass is 15.1. The number of hydrogen-bond donors (Lipinski definition) is 1. The lowest BCUT2D eigenvalue weighted by molar-refractivity contribution is 0.226. The number of aromatic nitrogens is 1. The summed E-state index contributed by atoms with van der Waals surface area (Å²) in [7, 11) is 4.23. The third kappa shape index (κ3) is 5.29. The maximum atomic E-state index is 4.37. The van der Waals surface area contributed by atoms with Gasteiger partial charge in [-0.25, -0.2) is 0 Å². The Labute approximate surface area is 105 Å². The summed E-state index contributed by atoms with van der Waals surface area (Å²) in [5.74, 6) is 0. The van der Waals surface area contributed by atoms with Gasteiger partial charge >= 0.3 is 0 Å². The molecule has 0 aliphatic heterocycles. The van der Waals surface area contributed by atoms with E-state index in [1.807, 2.05) is 18.3 Å². The molecule has 1 rings (SSSR count). The zero-order valence-corrected chi connectivity index (χ0v) is 11.7. The van der Waals surface area contributed by atoms with Gasteiger partial charge < -0.3 is 10.2 Å². The van der Waals surface area contributed by atoms with Crippen LogP contribution in [0, 0.1) is 5.41 Å². The van der Waals surface area contributed by atoms with Crippen molar-refractivity contribution < 1.29 is 0 Å². The molecule has 0 bridgehead atoms. The zero-order chi connectivity index (χ0) is 12.9. The van der Waals surface area contributed by atoms with Crippen molar-refractivity contribution in [3.8, 4) is 0 Å². The Morgan fingerprint density at radius 2 is 2.06 bits per heavy atom. The highest BCUT2D eigenvalue weighted by Crippen LogP contribution is 2.17. The standard InChI is InChI=1S/C14H25N3/c1-12(13-8-6-7-9-15-13)16-10-14(2,3)11-17(4)5/h6-9,12,16H,10-11H2,1-5H3. The monoisotopic (exact) mass is 235 g/mol. The van der Waals surface area contributed by atoms with Crippen molar-refractivity contribution in [1.29, 1.82) is 0 Å². The Morgan fingerprint density at radius 3 is 2.59 bits per heavy atom. The van der Waals surface area contributed by atoms with Crippen molar-refractivity contribution >= 4 is 0 Å². The number of hydrogen-bond acceptors (Lipinski definition) is 3.